The Labute approximate surface area is 168 Å². The van der Waals surface area contributed by atoms with Crippen LogP contribution >= 0.6 is 0 Å². The molecule has 3 rings (SSSR count). The lowest BCUT2D eigenvalue weighted by molar-refractivity contribution is 0.0936. The van der Waals surface area contributed by atoms with Gasteiger partial charge in [-0.25, -0.2) is 4.98 Å². The molecule has 0 aromatic carbocycles. The van der Waals surface area contributed by atoms with E-state index in [2.05, 4.69) is 35.5 Å². The van der Waals surface area contributed by atoms with Gasteiger partial charge in [0.1, 0.15) is 5.69 Å². The lowest BCUT2D eigenvalue weighted by atomic mass is 9.97. The van der Waals surface area contributed by atoms with Gasteiger partial charge in [0.05, 0.1) is 5.69 Å². The number of carbonyl (C=O) groups excluding carboxylic acids is 2. The van der Waals surface area contributed by atoms with Crippen LogP contribution in [-0.4, -0.2) is 34.5 Å². The maximum Gasteiger partial charge on any atom is 0.287 e. The van der Waals surface area contributed by atoms with Gasteiger partial charge in [-0.05, 0) is 63.7 Å². The van der Waals surface area contributed by atoms with Crippen LogP contribution < -0.4 is 10.6 Å². The standard InChI is InChI=1S/C22H34N4O2/c1-16(2)11-13-24-22(28)20-25-19(18-10-6-7-15-26(18)20)21(27)23-14-12-17-8-4-3-5-9-17/h8,16H,3-7,9-15H2,1-2H3,(H,23,27)(H,24,28). The average molecular weight is 387 g/mol. The molecule has 1 aliphatic carbocycles. The third kappa shape index (κ3) is 5.24. The van der Waals surface area contributed by atoms with E-state index in [1.165, 1.54) is 18.4 Å². The second-order valence-corrected chi connectivity index (χ2v) is 8.39. The molecule has 1 aliphatic heterocycles. The van der Waals surface area contributed by atoms with Crippen molar-refractivity contribution in [2.45, 2.75) is 78.2 Å². The molecule has 2 heterocycles. The largest absolute Gasteiger partial charge is 0.350 e. The molecule has 2 N–H and O–H groups in total. The molecule has 2 amide bonds. The molecule has 1 aromatic rings. The van der Waals surface area contributed by atoms with Gasteiger partial charge in [-0.3, -0.25) is 9.59 Å². The third-order valence-electron chi connectivity index (χ3n) is 5.66. The molecule has 0 bridgehead atoms. The number of rotatable bonds is 8. The van der Waals surface area contributed by atoms with E-state index in [0.717, 1.165) is 57.2 Å². The first-order chi connectivity index (χ1) is 13.6. The lowest BCUT2D eigenvalue weighted by Gasteiger charge is -2.17. The van der Waals surface area contributed by atoms with Gasteiger partial charge in [0.2, 0.25) is 0 Å². The monoisotopic (exact) mass is 386 g/mol. The van der Waals surface area contributed by atoms with E-state index in [-0.39, 0.29) is 11.8 Å². The first-order valence-electron chi connectivity index (χ1n) is 10.9. The van der Waals surface area contributed by atoms with Crippen LogP contribution in [-0.2, 0) is 13.0 Å². The highest BCUT2D eigenvalue weighted by Crippen LogP contribution is 2.22. The Bertz CT molecular complexity index is 733. The normalized spacial score (nSPS) is 16.5. The summed E-state index contributed by atoms with van der Waals surface area (Å²) >= 11 is 0. The van der Waals surface area contributed by atoms with Gasteiger partial charge in [-0.1, -0.05) is 25.5 Å². The summed E-state index contributed by atoms with van der Waals surface area (Å²) in [5, 5.41) is 5.98. The van der Waals surface area contributed by atoms with Crippen LogP contribution in [0.25, 0.3) is 0 Å². The quantitative estimate of drug-likeness (QED) is 0.670. The summed E-state index contributed by atoms with van der Waals surface area (Å²) < 4.78 is 1.95. The first kappa shape index (κ1) is 20.6. The Morgan fingerprint density at radius 2 is 1.86 bits per heavy atom. The first-order valence-corrected chi connectivity index (χ1v) is 10.9. The van der Waals surface area contributed by atoms with Crippen LogP contribution in [0.4, 0.5) is 0 Å². The Kier molecular flexibility index (Phi) is 7.29. The molecule has 6 heteroatoms. The summed E-state index contributed by atoms with van der Waals surface area (Å²) in [6.07, 6.45) is 11.9. The highest BCUT2D eigenvalue weighted by Gasteiger charge is 2.27. The van der Waals surface area contributed by atoms with Crippen molar-refractivity contribution in [2.75, 3.05) is 13.1 Å². The molecule has 0 saturated carbocycles. The average Bonchev–Trinajstić information content (AvgIpc) is 3.08. The van der Waals surface area contributed by atoms with Crippen molar-refractivity contribution in [1.82, 2.24) is 20.2 Å². The Hall–Kier alpha value is -2.11. The molecule has 0 unspecified atom stereocenters. The fourth-order valence-corrected chi connectivity index (χ4v) is 4.00. The smallest absolute Gasteiger partial charge is 0.287 e. The number of allylic oxidation sites excluding steroid dienone is 1. The number of aromatic nitrogens is 2. The molecule has 0 fully saturated rings. The molecular weight excluding hydrogens is 352 g/mol. The molecule has 2 aliphatic rings. The number of hydrogen-bond acceptors (Lipinski definition) is 3. The second kappa shape index (κ2) is 9.89. The zero-order chi connectivity index (χ0) is 19.9. The van der Waals surface area contributed by atoms with Crippen LogP contribution in [0.1, 0.15) is 92.0 Å². The maximum absolute atomic E-state index is 12.8. The van der Waals surface area contributed by atoms with Gasteiger partial charge in [0.25, 0.3) is 11.8 Å². The van der Waals surface area contributed by atoms with Crippen LogP contribution in [0.5, 0.6) is 0 Å². The van der Waals surface area contributed by atoms with E-state index >= 15 is 0 Å². The Morgan fingerprint density at radius 3 is 2.61 bits per heavy atom. The number of carbonyl (C=O) groups is 2. The van der Waals surface area contributed by atoms with Crippen molar-refractivity contribution < 1.29 is 9.59 Å². The third-order valence-corrected chi connectivity index (χ3v) is 5.66. The summed E-state index contributed by atoms with van der Waals surface area (Å²) in [5.41, 5.74) is 2.80. The number of nitrogens with zero attached hydrogens (tertiary/aromatic N) is 2. The van der Waals surface area contributed by atoms with Gasteiger partial charge in [-0.15, -0.1) is 0 Å². The molecule has 0 radical (unpaired) electrons. The minimum absolute atomic E-state index is 0.150. The van der Waals surface area contributed by atoms with E-state index in [1.807, 2.05) is 4.57 Å². The van der Waals surface area contributed by atoms with Crippen LogP contribution in [0.15, 0.2) is 11.6 Å². The zero-order valence-electron chi connectivity index (χ0n) is 17.4. The van der Waals surface area contributed by atoms with Crippen molar-refractivity contribution in [1.29, 1.82) is 0 Å². The maximum atomic E-state index is 12.8. The van der Waals surface area contributed by atoms with Crippen LogP contribution in [0.2, 0.25) is 0 Å². The number of hydrogen-bond donors (Lipinski definition) is 2. The van der Waals surface area contributed by atoms with E-state index < -0.39 is 0 Å². The summed E-state index contributed by atoms with van der Waals surface area (Å²) in [6.45, 7) is 6.29. The molecule has 154 valence electrons. The Balaban J connectivity index is 1.64. The van der Waals surface area contributed by atoms with E-state index in [4.69, 9.17) is 0 Å². The molecule has 0 saturated heterocycles. The van der Waals surface area contributed by atoms with Gasteiger partial charge in [0, 0.05) is 19.6 Å². The van der Waals surface area contributed by atoms with E-state index in [9.17, 15) is 9.59 Å². The highest BCUT2D eigenvalue weighted by molar-refractivity contribution is 5.97. The predicted molar refractivity (Wildman–Crippen MR) is 110 cm³/mol. The molecule has 6 nitrogen and oxygen atoms in total. The summed E-state index contributed by atoms with van der Waals surface area (Å²) in [7, 11) is 0. The molecular formula is C22H34N4O2. The van der Waals surface area contributed by atoms with Gasteiger partial charge < -0.3 is 15.2 Å². The minimum atomic E-state index is -0.171. The zero-order valence-corrected chi connectivity index (χ0v) is 17.4. The van der Waals surface area contributed by atoms with E-state index in [0.29, 0.717) is 30.5 Å². The molecule has 28 heavy (non-hydrogen) atoms. The SMILES string of the molecule is CC(C)CCNC(=O)c1nc(C(=O)NCCC2=CCCCC2)c2n1CCCC2. The summed E-state index contributed by atoms with van der Waals surface area (Å²) in [5.74, 6) is 0.604. The predicted octanol–water partition coefficient (Wildman–Crippen LogP) is 3.62. The van der Waals surface area contributed by atoms with Crippen molar-refractivity contribution in [3.8, 4) is 0 Å². The van der Waals surface area contributed by atoms with Crippen molar-refractivity contribution in [2.24, 2.45) is 5.92 Å². The van der Waals surface area contributed by atoms with Crippen LogP contribution in [0.3, 0.4) is 0 Å². The fourth-order valence-electron chi connectivity index (χ4n) is 4.00. The lowest BCUT2D eigenvalue weighted by Crippen LogP contribution is -2.29. The van der Waals surface area contributed by atoms with Crippen molar-refractivity contribution in [3.63, 3.8) is 0 Å². The fraction of sp³-hybridized carbons (Fsp3) is 0.682. The van der Waals surface area contributed by atoms with Crippen molar-refractivity contribution >= 4 is 11.8 Å². The number of nitrogens with one attached hydrogen (secondary N) is 2. The number of imidazole rings is 1. The molecule has 0 spiro atoms. The van der Waals surface area contributed by atoms with E-state index in [1.54, 1.807) is 0 Å². The molecule has 1 aromatic heterocycles. The second-order valence-electron chi connectivity index (χ2n) is 8.39. The number of amides is 2. The minimum Gasteiger partial charge on any atom is -0.350 e. The Morgan fingerprint density at radius 1 is 1.07 bits per heavy atom. The number of fused-ring (bicyclic) bond motifs is 1. The summed E-state index contributed by atoms with van der Waals surface area (Å²) in [4.78, 5) is 29.9. The van der Waals surface area contributed by atoms with Gasteiger partial charge in [-0.2, -0.15) is 0 Å². The van der Waals surface area contributed by atoms with Crippen molar-refractivity contribution in [3.05, 3.63) is 28.9 Å². The topological polar surface area (TPSA) is 76.0 Å². The molecule has 0 atom stereocenters. The summed E-state index contributed by atoms with van der Waals surface area (Å²) in [6, 6.07) is 0. The van der Waals surface area contributed by atoms with Gasteiger partial charge in [0.15, 0.2) is 5.82 Å². The van der Waals surface area contributed by atoms with Crippen LogP contribution in [0, 0.1) is 5.92 Å². The highest BCUT2D eigenvalue weighted by atomic mass is 16.2. The van der Waals surface area contributed by atoms with Gasteiger partial charge >= 0.3 is 0 Å².